The van der Waals surface area contributed by atoms with Gasteiger partial charge in [-0.15, -0.1) is 11.8 Å². The Hall–Kier alpha value is -1.29. The molecular weight excluding hydrogens is 246 g/mol. The van der Waals surface area contributed by atoms with Crippen molar-refractivity contribution in [1.82, 2.24) is 5.32 Å². The lowest BCUT2D eigenvalue weighted by Crippen LogP contribution is -2.35. The molecule has 1 N–H and O–H groups in total. The summed E-state index contributed by atoms with van der Waals surface area (Å²) in [5, 5.41) is 2.74. The fourth-order valence-corrected chi connectivity index (χ4v) is 2.87. The van der Waals surface area contributed by atoms with Crippen molar-refractivity contribution in [2.24, 2.45) is 0 Å². The van der Waals surface area contributed by atoms with E-state index in [9.17, 15) is 9.59 Å². The Balaban J connectivity index is 2.12. The van der Waals surface area contributed by atoms with Gasteiger partial charge in [0, 0.05) is 23.8 Å². The normalized spacial score (nSPS) is 16.1. The minimum Gasteiger partial charge on any atom is -0.349 e. The van der Waals surface area contributed by atoms with Crippen LogP contribution in [0.2, 0.25) is 0 Å². The van der Waals surface area contributed by atoms with Crippen molar-refractivity contribution in [2.45, 2.75) is 30.1 Å². The highest BCUT2D eigenvalue weighted by Crippen LogP contribution is 2.50. The lowest BCUT2D eigenvalue weighted by atomic mass is 9.96. The van der Waals surface area contributed by atoms with Crippen molar-refractivity contribution in [1.29, 1.82) is 0 Å². The molecule has 2 rings (SSSR count). The second kappa shape index (κ2) is 5.14. The number of amides is 1. The van der Waals surface area contributed by atoms with Crippen LogP contribution in [-0.4, -0.2) is 24.5 Å². The van der Waals surface area contributed by atoms with Gasteiger partial charge in [-0.2, -0.15) is 0 Å². The number of hydrogen-bond acceptors (Lipinski definition) is 3. The van der Waals surface area contributed by atoms with Gasteiger partial charge < -0.3 is 5.32 Å². The fourth-order valence-electron chi connectivity index (χ4n) is 2.15. The quantitative estimate of drug-likeness (QED) is 0.654. The minimum absolute atomic E-state index is 0.0463. The lowest BCUT2D eigenvalue weighted by Gasteiger charge is -2.19. The molecule has 1 saturated carbocycles. The number of carbonyl (C=O) groups is 2. The summed E-state index contributed by atoms with van der Waals surface area (Å²) in [5.74, 6) is -0.910. The van der Waals surface area contributed by atoms with E-state index in [0.29, 0.717) is 6.54 Å². The first-order valence-electron chi connectivity index (χ1n) is 6.01. The number of benzene rings is 1. The highest BCUT2D eigenvalue weighted by Gasteiger charge is 2.45. The minimum atomic E-state index is -0.483. The molecule has 1 aliphatic carbocycles. The van der Waals surface area contributed by atoms with Crippen LogP contribution in [0.4, 0.5) is 0 Å². The Morgan fingerprint density at radius 2 is 2.00 bits per heavy atom. The molecule has 0 unspecified atom stereocenters. The summed E-state index contributed by atoms with van der Waals surface area (Å²) >= 11 is 1.72. The predicted octanol–water partition coefficient (Wildman–Crippen LogP) is 2.15. The van der Waals surface area contributed by atoms with Crippen molar-refractivity contribution >= 4 is 23.5 Å². The molecule has 4 heteroatoms. The number of Topliss-reactive ketones (excluding diaryl/α,β-unsaturated/α-hetero) is 1. The molecule has 18 heavy (non-hydrogen) atoms. The number of hydrogen-bond donors (Lipinski definition) is 1. The highest BCUT2D eigenvalue weighted by atomic mass is 32.2. The fraction of sp³-hybridized carbons (Fsp3) is 0.429. The van der Waals surface area contributed by atoms with Gasteiger partial charge in [0.2, 0.25) is 5.78 Å². The van der Waals surface area contributed by atoms with E-state index in [1.165, 1.54) is 17.4 Å². The zero-order valence-electron chi connectivity index (χ0n) is 10.7. The third kappa shape index (κ3) is 2.58. The second-order valence-corrected chi connectivity index (χ2v) is 5.57. The van der Waals surface area contributed by atoms with Gasteiger partial charge in [-0.1, -0.05) is 18.2 Å². The molecule has 0 aromatic heterocycles. The second-order valence-electron chi connectivity index (χ2n) is 4.72. The highest BCUT2D eigenvalue weighted by molar-refractivity contribution is 7.98. The molecule has 0 spiro atoms. The van der Waals surface area contributed by atoms with E-state index in [4.69, 9.17) is 0 Å². The summed E-state index contributed by atoms with van der Waals surface area (Å²) in [4.78, 5) is 23.5. The molecule has 3 nitrogen and oxygen atoms in total. The van der Waals surface area contributed by atoms with Gasteiger partial charge >= 0.3 is 0 Å². The Labute approximate surface area is 111 Å². The molecule has 96 valence electrons. The number of thioether (sulfide) groups is 1. The van der Waals surface area contributed by atoms with Crippen LogP contribution in [0.1, 0.15) is 25.3 Å². The van der Waals surface area contributed by atoms with E-state index in [1.54, 1.807) is 11.8 Å². The molecule has 0 bridgehead atoms. The molecule has 1 amide bonds. The molecule has 0 radical (unpaired) electrons. The van der Waals surface area contributed by atoms with Crippen molar-refractivity contribution in [3.05, 3.63) is 29.8 Å². The number of ketones is 1. The average Bonchev–Trinajstić information content (AvgIpc) is 3.17. The summed E-state index contributed by atoms with van der Waals surface area (Å²) in [5.41, 5.74) is 1.34. The molecule has 0 atom stereocenters. The maximum absolute atomic E-state index is 11.3. The van der Waals surface area contributed by atoms with Crippen LogP contribution in [0.15, 0.2) is 29.2 Å². The Kier molecular flexibility index (Phi) is 3.76. The maximum atomic E-state index is 11.3. The predicted molar refractivity (Wildman–Crippen MR) is 72.8 cm³/mol. The van der Waals surface area contributed by atoms with E-state index in [2.05, 4.69) is 23.7 Å². The number of nitrogens with one attached hydrogen (secondary N) is 1. The van der Waals surface area contributed by atoms with Gasteiger partial charge in [0.15, 0.2) is 0 Å². The molecule has 0 heterocycles. The summed E-state index contributed by atoms with van der Waals surface area (Å²) in [6.07, 6.45) is 4.20. The summed E-state index contributed by atoms with van der Waals surface area (Å²) in [7, 11) is 0. The van der Waals surface area contributed by atoms with Crippen molar-refractivity contribution in [3.63, 3.8) is 0 Å². The van der Waals surface area contributed by atoms with Gasteiger partial charge in [-0.25, -0.2) is 0 Å². The van der Waals surface area contributed by atoms with Crippen LogP contribution in [0.3, 0.4) is 0 Å². The molecule has 1 aliphatic rings. The van der Waals surface area contributed by atoms with Crippen LogP contribution in [-0.2, 0) is 15.0 Å². The van der Waals surface area contributed by atoms with Crippen LogP contribution in [0.25, 0.3) is 0 Å². The topological polar surface area (TPSA) is 46.2 Å². The lowest BCUT2D eigenvalue weighted by molar-refractivity contribution is -0.136. The zero-order valence-corrected chi connectivity index (χ0v) is 11.5. The van der Waals surface area contributed by atoms with E-state index in [0.717, 1.165) is 12.8 Å². The van der Waals surface area contributed by atoms with Gasteiger partial charge in [-0.05, 0) is 30.7 Å². The maximum Gasteiger partial charge on any atom is 0.287 e. The van der Waals surface area contributed by atoms with Gasteiger partial charge in [0.05, 0.1) is 0 Å². The largest absolute Gasteiger partial charge is 0.349 e. The smallest absolute Gasteiger partial charge is 0.287 e. The molecule has 0 aliphatic heterocycles. The summed E-state index contributed by atoms with van der Waals surface area (Å²) < 4.78 is 0. The first-order valence-corrected chi connectivity index (χ1v) is 7.24. The first kappa shape index (κ1) is 13.1. The van der Waals surface area contributed by atoms with Crippen LogP contribution in [0.5, 0.6) is 0 Å². The van der Waals surface area contributed by atoms with Crippen LogP contribution in [0, 0.1) is 0 Å². The molecule has 0 saturated heterocycles. The monoisotopic (exact) mass is 263 g/mol. The van der Waals surface area contributed by atoms with Gasteiger partial charge in [-0.3, -0.25) is 9.59 Å². The third-order valence-electron chi connectivity index (χ3n) is 3.44. The van der Waals surface area contributed by atoms with E-state index in [1.807, 2.05) is 12.1 Å². The average molecular weight is 263 g/mol. The van der Waals surface area contributed by atoms with Crippen molar-refractivity contribution in [3.8, 4) is 0 Å². The SMILES string of the molecule is CSc1ccccc1C1(CNC(=O)C(C)=O)CC1. The Morgan fingerprint density at radius 1 is 1.33 bits per heavy atom. The standard InChI is InChI=1S/C14H17NO2S/c1-10(16)13(17)15-9-14(7-8-14)11-5-3-4-6-12(11)18-2/h3-6H,7-9H2,1-2H3,(H,15,17). The van der Waals surface area contributed by atoms with E-state index in [-0.39, 0.29) is 5.41 Å². The van der Waals surface area contributed by atoms with Gasteiger partial charge in [0.25, 0.3) is 5.91 Å². The molecular formula is C14H17NO2S. The van der Waals surface area contributed by atoms with Crippen LogP contribution < -0.4 is 5.32 Å². The molecule has 1 aromatic carbocycles. The number of rotatable bonds is 5. The zero-order chi connectivity index (χ0) is 13.2. The number of carbonyl (C=O) groups excluding carboxylic acids is 2. The Morgan fingerprint density at radius 3 is 2.56 bits per heavy atom. The third-order valence-corrected chi connectivity index (χ3v) is 4.23. The molecule has 1 fully saturated rings. The molecule has 1 aromatic rings. The van der Waals surface area contributed by atoms with Gasteiger partial charge in [0.1, 0.15) is 0 Å². The van der Waals surface area contributed by atoms with Crippen molar-refractivity contribution in [2.75, 3.05) is 12.8 Å². The summed E-state index contributed by atoms with van der Waals surface area (Å²) in [6, 6.07) is 8.28. The van der Waals surface area contributed by atoms with Crippen molar-refractivity contribution < 1.29 is 9.59 Å². The van der Waals surface area contributed by atoms with Crippen LogP contribution >= 0.6 is 11.8 Å². The Bertz CT molecular complexity index is 480. The van der Waals surface area contributed by atoms with E-state index < -0.39 is 11.7 Å². The summed E-state index contributed by atoms with van der Waals surface area (Å²) in [6.45, 7) is 1.85. The first-order chi connectivity index (χ1) is 8.59. The van der Waals surface area contributed by atoms with E-state index >= 15 is 0 Å².